The van der Waals surface area contributed by atoms with Gasteiger partial charge in [-0.3, -0.25) is 29.1 Å². The van der Waals surface area contributed by atoms with Crippen molar-refractivity contribution in [2.45, 2.75) is 89.3 Å². The zero-order valence-electron chi connectivity index (χ0n) is 36.2. The summed E-state index contributed by atoms with van der Waals surface area (Å²) in [6.07, 6.45) is 12.1. The summed E-state index contributed by atoms with van der Waals surface area (Å²) in [6.45, 7) is 7.69. The van der Waals surface area contributed by atoms with E-state index >= 15 is 0 Å². The number of benzene rings is 3. The molecule has 63 heavy (non-hydrogen) atoms. The number of likely N-dealkylation sites (tertiary alicyclic amines) is 1. The van der Waals surface area contributed by atoms with Gasteiger partial charge in [-0.1, -0.05) is 33.1 Å². The van der Waals surface area contributed by atoms with Crippen LogP contribution in [-0.4, -0.2) is 92.5 Å². The van der Waals surface area contributed by atoms with Crippen LogP contribution >= 0.6 is 12.1 Å². The molecule has 18 heteroatoms. The van der Waals surface area contributed by atoms with Crippen molar-refractivity contribution < 1.29 is 23.1 Å². The number of ether oxygens (including phenoxy) is 1. The van der Waals surface area contributed by atoms with Crippen LogP contribution in [0.2, 0.25) is 0 Å². The lowest BCUT2D eigenvalue weighted by Crippen LogP contribution is -2.48. The molecule has 1 spiro atoms. The van der Waals surface area contributed by atoms with E-state index in [9.17, 15) is 28.4 Å². The molecule has 4 heterocycles. The van der Waals surface area contributed by atoms with E-state index in [2.05, 4.69) is 36.4 Å². The van der Waals surface area contributed by atoms with Crippen LogP contribution in [0.3, 0.4) is 0 Å². The molecule has 334 valence electrons. The second-order valence-electron chi connectivity index (χ2n) is 16.4. The van der Waals surface area contributed by atoms with Crippen molar-refractivity contribution in [2.24, 2.45) is 7.05 Å². The van der Waals surface area contributed by atoms with Crippen molar-refractivity contribution in [3.63, 3.8) is 0 Å². The molecule has 2 aliphatic heterocycles. The van der Waals surface area contributed by atoms with E-state index in [4.69, 9.17) is 4.74 Å². The first-order chi connectivity index (χ1) is 30.5. The molecule has 15 nitrogen and oxygen atoms in total. The quantitative estimate of drug-likeness (QED) is 0.0818. The van der Waals surface area contributed by atoms with Gasteiger partial charge in [0.05, 0.1) is 52.4 Å². The van der Waals surface area contributed by atoms with Crippen molar-refractivity contribution in [1.29, 1.82) is 5.26 Å². The predicted octanol–water partition coefficient (Wildman–Crippen LogP) is 8.00. The Balaban J connectivity index is 0.000000249. The summed E-state index contributed by atoms with van der Waals surface area (Å²) < 4.78 is 43.2. The minimum Gasteiger partial charge on any atom is -0.373 e. The number of aromatic nitrogens is 4. The number of hydrogen-bond donors (Lipinski definition) is 3. The number of nitrogens with one attached hydrogen (secondary N) is 3. The van der Waals surface area contributed by atoms with Crippen molar-refractivity contribution in [1.82, 2.24) is 33.9 Å². The van der Waals surface area contributed by atoms with Gasteiger partial charge in [-0.25, -0.2) is 22.9 Å². The molecule has 3 aliphatic rings. The van der Waals surface area contributed by atoms with E-state index < -0.39 is 17.7 Å². The summed E-state index contributed by atoms with van der Waals surface area (Å²) in [5, 5.41) is 20.2. The normalized spacial score (nSPS) is 17.7. The summed E-state index contributed by atoms with van der Waals surface area (Å²) >= 11 is 1.33. The molecule has 2 saturated heterocycles. The molecular formula is C45H55F2N11O4S. The topological polar surface area (TPSA) is 166 Å². The number of urea groups is 1. The van der Waals surface area contributed by atoms with Crippen LogP contribution in [0, 0.1) is 23.0 Å². The molecule has 0 bridgehead atoms. The monoisotopic (exact) mass is 883 g/mol. The van der Waals surface area contributed by atoms with Gasteiger partial charge in [0.1, 0.15) is 23.3 Å². The lowest BCUT2D eigenvalue weighted by atomic mass is 9.85. The Labute approximate surface area is 370 Å². The number of aryl methyl sites for hydroxylation is 1. The zero-order chi connectivity index (χ0) is 44.7. The largest absolute Gasteiger partial charge is 0.373 e. The van der Waals surface area contributed by atoms with E-state index in [0.29, 0.717) is 65.0 Å². The van der Waals surface area contributed by atoms with Crippen LogP contribution in [0.5, 0.6) is 0 Å². The van der Waals surface area contributed by atoms with Gasteiger partial charge in [0.25, 0.3) is 5.56 Å². The maximum absolute atomic E-state index is 15.0. The number of fused-ring (bicyclic) bond motifs is 2. The van der Waals surface area contributed by atoms with E-state index in [-0.39, 0.29) is 28.5 Å². The average Bonchev–Trinajstić information content (AvgIpc) is 3.85. The Hall–Kier alpha value is -5.61. The fraction of sp³-hybridized carbons (Fsp3) is 0.467. The van der Waals surface area contributed by atoms with Crippen LogP contribution in [0.1, 0.15) is 83.2 Å². The number of halogens is 2. The molecule has 3 fully saturated rings. The van der Waals surface area contributed by atoms with Gasteiger partial charge in [0.15, 0.2) is 5.82 Å². The second-order valence-corrected chi connectivity index (χ2v) is 17.4. The van der Waals surface area contributed by atoms with Gasteiger partial charge < -0.3 is 19.7 Å². The summed E-state index contributed by atoms with van der Waals surface area (Å²) in [5.41, 5.74) is 2.17. The molecule has 0 radical (unpaired) electrons. The van der Waals surface area contributed by atoms with Crippen molar-refractivity contribution in [3.05, 3.63) is 82.4 Å². The van der Waals surface area contributed by atoms with E-state index in [0.717, 1.165) is 44.9 Å². The number of anilines is 4. The van der Waals surface area contributed by atoms with Gasteiger partial charge in [0, 0.05) is 62.5 Å². The number of nitriles is 1. The fourth-order valence-electron chi connectivity index (χ4n) is 8.87. The zero-order valence-corrected chi connectivity index (χ0v) is 37.0. The van der Waals surface area contributed by atoms with E-state index in [1.807, 2.05) is 25.2 Å². The summed E-state index contributed by atoms with van der Waals surface area (Å²) in [5.74, 6) is -0.621. The third-order valence-corrected chi connectivity index (χ3v) is 13.3. The number of carbonyl (C=O) groups is 2. The smallest absolute Gasteiger partial charge is 0.329 e. The molecule has 3 N–H and O–H groups in total. The number of nitrogens with zero attached hydrogens (tertiary/aromatic N) is 8. The Bertz CT molecular complexity index is 2530. The van der Waals surface area contributed by atoms with E-state index in [1.165, 1.54) is 67.3 Å². The first-order valence-corrected chi connectivity index (χ1v) is 22.4. The molecule has 1 aliphatic carbocycles. The fourth-order valence-corrected chi connectivity index (χ4v) is 9.43. The second kappa shape index (κ2) is 20.3. The maximum atomic E-state index is 15.0. The van der Waals surface area contributed by atoms with Crippen molar-refractivity contribution in [3.8, 4) is 6.07 Å². The number of hydrogen-bond acceptors (Lipinski definition) is 12. The highest BCUT2D eigenvalue weighted by Gasteiger charge is 2.44. The van der Waals surface area contributed by atoms with Crippen LogP contribution in [0.15, 0.2) is 59.7 Å². The summed E-state index contributed by atoms with van der Waals surface area (Å²) in [7, 11) is 3.63. The highest BCUT2D eigenvalue weighted by molar-refractivity contribution is 7.98. The molecule has 5 aromatic rings. The molecule has 3 amide bonds. The van der Waals surface area contributed by atoms with Gasteiger partial charge >= 0.3 is 6.03 Å². The van der Waals surface area contributed by atoms with Gasteiger partial charge in [-0.05, 0) is 94.1 Å². The Morgan fingerprint density at radius 1 is 1.06 bits per heavy atom. The molecule has 1 atom stereocenters. The maximum Gasteiger partial charge on any atom is 0.329 e. The minimum absolute atomic E-state index is 0.0570. The SMILES string of the molecule is CCCN(C(=O)NC=O)c1nn(C)c2ccc(F)cc12.CCN(C)SNc1ccc(F)c(Nc2ccc3ncn(C4COC5(CCN(C6CCCCC6)CC5)C4)c(=O)c3c2)c1C#N. The lowest BCUT2D eigenvalue weighted by Gasteiger charge is -2.43. The third kappa shape index (κ3) is 10.1. The van der Waals surface area contributed by atoms with Crippen LogP contribution < -0.4 is 25.8 Å². The Morgan fingerprint density at radius 3 is 2.56 bits per heavy atom. The number of piperidine rings is 1. The Morgan fingerprint density at radius 2 is 1.84 bits per heavy atom. The molecule has 1 unspecified atom stereocenters. The van der Waals surface area contributed by atoms with Crippen molar-refractivity contribution >= 4 is 69.3 Å². The number of rotatable bonds is 12. The number of carbonyl (C=O) groups excluding carboxylic acids is 2. The Kier molecular flexibility index (Phi) is 14.6. The summed E-state index contributed by atoms with van der Waals surface area (Å²) in [4.78, 5) is 44.7. The molecule has 8 rings (SSSR count). The average molecular weight is 884 g/mol. The summed E-state index contributed by atoms with van der Waals surface area (Å²) in [6, 6.07) is 14.5. The van der Waals surface area contributed by atoms with Gasteiger partial charge in [0.2, 0.25) is 6.41 Å². The third-order valence-electron chi connectivity index (χ3n) is 12.4. The van der Waals surface area contributed by atoms with E-state index in [1.54, 1.807) is 53.0 Å². The molecule has 2 aromatic heterocycles. The number of imide groups is 1. The molecular weight excluding hydrogens is 829 g/mol. The standard InChI is InChI=1S/C32H40FN7O2S.C13H15FN4O2/c1-3-38(2)43-37-29-12-10-27(33)30(26(29)19-34)36-22-9-11-28-25(17-22)31(41)40(21-35-28)24-18-32(42-20-24)13-15-39(16-14-32)23-7-5-4-6-8-23;1-3-6-18(13(20)15-8-19)12-10-7-9(14)4-5-11(10)17(2)16-12/h9-12,17,21,23-24,36-37H,3-8,13-16,18,20H2,1-2H3;4-5,7-8H,3,6H2,1-2H3,(H,15,19,20). The van der Waals surface area contributed by atoms with Crippen LogP contribution in [0.4, 0.5) is 36.5 Å². The van der Waals surface area contributed by atoms with Gasteiger partial charge in [-0.2, -0.15) is 10.4 Å². The predicted molar refractivity (Wildman–Crippen MR) is 243 cm³/mol. The molecule has 3 aromatic carbocycles. The first-order valence-electron chi connectivity index (χ1n) is 21.6. The molecule has 1 saturated carbocycles. The van der Waals surface area contributed by atoms with Gasteiger partial charge in [-0.15, -0.1) is 0 Å². The van der Waals surface area contributed by atoms with Crippen LogP contribution in [-0.2, 0) is 16.6 Å². The minimum atomic E-state index is -0.578. The number of amides is 3. The van der Waals surface area contributed by atoms with Crippen molar-refractivity contribution in [2.75, 3.05) is 54.8 Å². The lowest BCUT2D eigenvalue weighted by molar-refractivity contribution is -0.108. The highest BCUT2D eigenvalue weighted by Crippen LogP contribution is 2.42. The highest BCUT2D eigenvalue weighted by atomic mass is 32.2. The van der Waals surface area contributed by atoms with Crippen LogP contribution in [0.25, 0.3) is 21.8 Å². The first kappa shape index (κ1) is 45.4.